The summed E-state index contributed by atoms with van der Waals surface area (Å²) in [6.45, 7) is 4.73. The zero-order valence-electron chi connectivity index (χ0n) is 10.2. The van der Waals surface area contributed by atoms with Crippen molar-refractivity contribution in [3.63, 3.8) is 0 Å². The van der Waals surface area contributed by atoms with Crippen molar-refractivity contribution in [2.24, 2.45) is 0 Å². The van der Waals surface area contributed by atoms with Crippen molar-refractivity contribution in [2.45, 2.75) is 20.3 Å². The molecule has 0 aliphatic heterocycles. The molecule has 2 nitrogen and oxygen atoms in total. The lowest BCUT2D eigenvalue weighted by atomic mass is 10.1. The Kier molecular flexibility index (Phi) is 3.69. The van der Waals surface area contributed by atoms with E-state index in [0.717, 1.165) is 29.0 Å². The second-order valence-corrected chi connectivity index (χ2v) is 4.98. The molecule has 0 spiro atoms. The number of benzene rings is 1. The van der Waals surface area contributed by atoms with Gasteiger partial charge < -0.3 is 10.5 Å². The van der Waals surface area contributed by atoms with Gasteiger partial charge in [0.2, 0.25) is 0 Å². The maximum Gasteiger partial charge on any atom is 0.122 e. The van der Waals surface area contributed by atoms with E-state index in [9.17, 15) is 0 Å². The van der Waals surface area contributed by atoms with E-state index in [1.54, 1.807) is 11.3 Å². The number of ether oxygens (including phenoxy) is 1. The lowest BCUT2D eigenvalue weighted by Gasteiger charge is -2.11. The molecule has 0 amide bonds. The summed E-state index contributed by atoms with van der Waals surface area (Å²) in [6, 6.07) is 6.11. The van der Waals surface area contributed by atoms with Crippen molar-refractivity contribution in [1.82, 2.24) is 0 Å². The van der Waals surface area contributed by atoms with Crippen LogP contribution in [0.25, 0.3) is 0 Å². The van der Waals surface area contributed by atoms with E-state index in [1.165, 1.54) is 5.56 Å². The van der Waals surface area contributed by atoms with Gasteiger partial charge in [-0.1, -0.05) is 0 Å². The van der Waals surface area contributed by atoms with Crippen LogP contribution in [0.4, 0.5) is 5.69 Å². The highest BCUT2D eigenvalue weighted by Gasteiger charge is 2.03. The Morgan fingerprint density at radius 1 is 1.24 bits per heavy atom. The number of hydrogen-bond donors (Lipinski definition) is 1. The van der Waals surface area contributed by atoms with Crippen molar-refractivity contribution in [1.29, 1.82) is 0 Å². The molecule has 1 aromatic carbocycles. The Balaban J connectivity index is 1.97. The molecule has 0 aliphatic rings. The lowest BCUT2D eigenvalue weighted by molar-refractivity contribution is 0.320. The number of nitrogen functional groups attached to an aromatic ring is 1. The van der Waals surface area contributed by atoms with E-state index in [-0.39, 0.29) is 0 Å². The van der Waals surface area contributed by atoms with E-state index in [2.05, 4.69) is 16.8 Å². The molecule has 2 N–H and O–H groups in total. The topological polar surface area (TPSA) is 35.2 Å². The summed E-state index contributed by atoms with van der Waals surface area (Å²) in [4.78, 5) is 0. The zero-order valence-corrected chi connectivity index (χ0v) is 11.0. The van der Waals surface area contributed by atoms with E-state index in [1.807, 2.05) is 26.0 Å². The van der Waals surface area contributed by atoms with E-state index in [0.29, 0.717) is 6.61 Å². The molecule has 0 unspecified atom stereocenters. The molecular weight excluding hydrogens is 230 g/mol. The summed E-state index contributed by atoms with van der Waals surface area (Å²) >= 11 is 1.72. The van der Waals surface area contributed by atoms with Gasteiger partial charge in [-0.3, -0.25) is 0 Å². The molecule has 17 heavy (non-hydrogen) atoms. The molecular formula is C14H17NOS. The molecule has 0 radical (unpaired) electrons. The fourth-order valence-corrected chi connectivity index (χ4v) is 2.38. The van der Waals surface area contributed by atoms with Gasteiger partial charge in [0.25, 0.3) is 0 Å². The van der Waals surface area contributed by atoms with E-state index >= 15 is 0 Å². The average Bonchev–Trinajstić information content (AvgIpc) is 2.78. The highest BCUT2D eigenvalue weighted by atomic mass is 32.1. The number of thiophene rings is 1. The maximum atomic E-state index is 5.84. The molecule has 90 valence electrons. The summed E-state index contributed by atoms with van der Waals surface area (Å²) in [7, 11) is 0. The van der Waals surface area contributed by atoms with E-state index < -0.39 is 0 Å². The molecule has 1 aromatic heterocycles. The summed E-state index contributed by atoms with van der Waals surface area (Å²) in [5.74, 6) is 0.937. The van der Waals surface area contributed by atoms with Gasteiger partial charge >= 0.3 is 0 Å². The number of aryl methyl sites for hydroxylation is 2. The van der Waals surface area contributed by atoms with Gasteiger partial charge in [0, 0.05) is 12.1 Å². The highest BCUT2D eigenvalue weighted by molar-refractivity contribution is 7.07. The monoisotopic (exact) mass is 247 g/mol. The average molecular weight is 247 g/mol. The minimum atomic E-state index is 0.709. The van der Waals surface area contributed by atoms with Gasteiger partial charge in [0.05, 0.1) is 6.61 Å². The summed E-state index contributed by atoms with van der Waals surface area (Å²) in [5.41, 5.74) is 10.2. The van der Waals surface area contributed by atoms with Crippen molar-refractivity contribution >= 4 is 17.0 Å². The maximum absolute atomic E-state index is 5.84. The third kappa shape index (κ3) is 3.01. The summed E-state index contributed by atoms with van der Waals surface area (Å²) < 4.78 is 5.80. The van der Waals surface area contributed by atoms with Crippen molar-refractivity contribution in [3.05, 3.63) is 45.6 Å². The smallest absolute Gasteiger partial charge is 0.122 e. The minimum absolute atomic E-state index is 0.709. The lowest BCUT2D eigenvalue weighted by Crippen LogP contribution is -2.03. The van der Waals surface area contributed by atoms with Gasteiger partial charge in [0.1, 0.15) is 5.75 Å². The van der Waals surface area contributed by atoms with Gasteiger partial charge in [-0.25, -0.2) is 0 Å². The molecule has 0 bridgehead atoms. The van der Waals surface area contributed by atoms with Crippen LogP contribution in [0.5, 0.6) is 5.75 Å². The molecule has 0 saturated carbocycles. The number of hydrogen-bond acceptors (Lipinski definition) is 3. The van der Waals surface area contributed by atoms with Gasteiger partial charge in [-0.05, 0) is 59.5 Å². The molecule has 0 fully saturated rings. The fraction of sp³-hybridized carbons (Fsp3) is 0.286. The van der Waals surface area contributed by atoms with Gasteiger partial charge in [-0.15, -0.1) is 0 Å². The fourth-order valence-electron chi connectivity index (χ4n) is 1.68. The molecule has 2 rings (SSSR count). The Morgan fingerprint density at radius 2 is 2.06 bits per heavy atom. The Hall–Kier alpha value is -1.48. The standard InChI is InChI=1S/C14H17NOS/c1-10-8-14(11(2)7-13(10)15)16-5-3-12-4-6-17-9-12/h4,6-9H,3,5,15H2,1-2H3. The largest absolute Gasteiger partial charge is 0.493 e. The zero-order chi connectivity index (χ0) is 12.3. The predicted molar refractivity (Wildman–Crippen MR) is 73.8 cm³/mol. The first kappa shape index (κ1) is 12.0. The Morgan fingerprint density at radius 3 is 2.76 bits per heavy atom. The first-order chi connectivity index (χ1) is 8.16. The molecule has 1 heterocycles. The summed E-state index contributed by atoms with van der Waals surface area (Å²) in [6.07, 6.45) is 0.951. The number of rotatable bonds is 4. The van der Waals surface area contributed by atoms with Crippen molar-refractivity contribution < 1.29 is 4.74 Å². The number of anilines is 1. The molecule has 3 heteroatoms. The second kappa shape index (κ2) is 5.23. The molecule has 2 aromatic rings. The van der Waals surface area contributed by atoms with Crippen LogP contribution in [-0.2, 0) is 6.42 Å². The predicted octanol–water partition coefficient (Wildman–Crippen LogP) is 3.57. The van der Waals surface area contributed by atoms with Crippen molar-refractivity contribution in [2.75, 3.05) is 12.3 Å². The molecule has 0 saturated heterocycles. The quantitative estimate of drug-likeness (QED) is 0.838. The van der Waals surface area contributed by atoms with Gasteiger partial charge in [0.15, 0.2) is 0 Å². The first-order valence-corrected chi connectivity index (χ1v) is 6.61. The van der Waals surface area contributed by atoms with Crippen LogP contribution < -0.4 is 10.5 Å². The van der Waals surface area contributed by atoms with Crippen LogP contribution in [0.3, 0.4) is 0 Å². The SMILES string of the molecule is Cc1cc(OCCc2ccsc2)c(C)cc1N. The Bertz CT molecular complexity index is 491. The van der Waals surface area contributed by atoms with Crippen LogP contribution in [0, 0.1) is 13.8 Å². The molecule has 0 atom stereocenters. The van der Waals surface area contributed by atoms with Crippen LogP contribution >= 0.6 is 11.3 Å². The third-order valence-electron chi connectivity index (χ3n) is 2.79. The third-order valence-corrected chi connectivity index (χ3v) is 3.52. The van der Waals surface area contributed by atoms with Crippen LogP contribution in [0.2, 0.25) is 0 Å². The van der Waals surface area contributed by atoms with Crippen LogP contribution in [0.1, 0.15) is 16.7 Å². The van der Waals surface area contributed by atoms with E-state index in [4.69, 9.17) is 10.5 Å². The van der Waals surface area contributed by atoms with Crippen LogP contribution in [0.15, 0.2) is 29.0 Å². The highest BCUT2D eigenvalue weighted by Crippen LogP contribution is 2.24. The molecule has 0 aliphatic carbocycles. The normalized spacial score (nSPS) is 10.5. The Labute approximate surface area is 106 Å². The second-order valence-electron chi connectivity index (χ2n) is 4.20. The number of nitrogens with two attached hydrogens (primary N) is 1. The van der Waals surface area contributed by atoms with Gasteiger partial charge in [-0.2, -0.15) is 11.3 Å². The van der Waals surface area contributed by atoms with Crippen LogP contribution in [-0.4, -0.2) is 6.61 Å². The summed E-state index contributed by atoms with van der Waals surface area (Å²) in [5, 5.41) is 4.25. The minimum Gasteiger partial charge on any atom is -0.493 e. The first-order valence-electron chi connectivity index (χ1n) is 5.67. The van der Waals surface area contributed by atoms with Crippen molar-refractivity contribution in [3.8, 4) is 5.75 Å².